The van der Waals surface area contributed by atoms with Crippen LogP contribution in [0.25, 0.3) is 0 Å². The molecule has 2 heterocycles. The molecular weight excluding hydrogens is 381 g/mol. The molecule has 0 bridgehead atoms. The van der Waals surface area contributed by atoms with Gasteiger partial charge in [-0.2, -0.15) is 0 Å². The van der Waals surface area contributed by atoms with Gasteiger partial charge >= 0.3 is 0 Å². The number of hydrogen-bond acceptors (Lipinski definition) is 4. The summed E-state index contributed by atoms with van der Waals surface area (Å²) in [5.41, 5.74) is 0.728. The van der Waals surface area contributed by atoms with Crippen LogP contribution in [0.2, 0.25) is 0 Å². The number of halogens is 1. The first kappa shape index (κ1) is 22.8. The minimum absolute atomic E-state index is 0.123. The number of anilines is 1. The van der Waals surface area contributed by atoms with E-state index in [9.17, 15) is 4.39 Å². The molecule has 2 fully saturated rings. The van der Waals surface area contributed by atoms with Crippen molar-refractivity contribution < 1.29 is 9.13 Å². The monoisotopic (exact) mass is 419 g/mol. The molecule has 6 nitrogen and oxygen atoms in total. The molecule has 30 heavy (non-hydrogen) atoms. The van der Waals surface area contributed by atoms with E-state index in [1.165, 1.54) is 19.3 Å². The summed E-state index contributed by atoms with van der Waals surface area (Å²) in [4.78, 5) is 11.3. The van der Waals surface area contributed by atoms with Crippen molar-refractivity contribution in [2.75, 3.05) is 78.0 Å². The molecule has 1 aromatic rings. The zero-order valence-corrected chi connectivity index (χ0v) is 18.7. The van der Waals surface area contributed by atoms with Gasteiger partial charge in [0.25, 0.3) is 0 Å². The van der Waals surface area contributed by atoms with E-state index in [-0.39, 0.29) is 5.82 Å². The fourth-order valence-electron chi connectivity index (χ4n) is 4.33. The Kier molecular flexibility index (Phi) is 9.21. The summed E-state index contributed by atoms with van der Waals surface area (Å²) in [5, 5.41) is 3.50. The van der Waals surface area contributed by atoms with Crippen LogP contribution >= 0.6 is 0 Å². The van der Waals surface area contributed by atoms with Crippen LogP contribution < -0.4 is 10.2 Å². The highest BCUT2D eigenvalue weighted by Crippen LogP contribution is 2.20. The highest BCUT2D eigenvalue weighted by atomic mass is 19.1. The van der Waals surface area contributed by atoms with E-state index in [0.29, 0.717) is 0 Å². The Labute approximate surface area is 181 Å². The van der Waals surface area contributed by atoms with E-state index in [0.717, 1.165) is 83.0 Å². The minimum Gasteiger partial charge on any atom is -0.381 e. The van der Waals surface area contributed by atoms with Crippen molar-refractivity contribution in [3.63, 3.8) is 0 Å². The molecule has 0 spiro atoms. The summed E-state index contributed by atoms with van der Waals surface area (Å²) in [5.74, 6) is 1.64. The van der Waals surface area contributed by atoms with Gasteiger partial charge in [0.2, 0.25) is 0 Å². The number of aliphatic imine (C=N–C) groups is 1. The number of guanidine groups is 1. The molecule has 168 valence electrons. The molecule has 0 radical (unpaired) electrons. The standard InChI is InChI=1S/C23H38FN5O/c1-25-23(27(2)13-8-20-9-18-30-19-10-20)26-11-5-12-28-14-16-29(17-15-28)22-7-4-3-6-21(22)24/h3-4,6-7,20H,5,8-19H2,1-2H3,(H,25,26). The lowest BCUT2D eigenvalue weighted by Gasteiger charge is -2.36. The summed E-state index contributed by atoms with van der Waals surface area (Å²) >= 11 is 0. The number of benzene rings is 1. The van der Waals surface area contributed by atoms with Crippen molar-refractivity contribution in [3.05, 3.63) is 30.1 Å². The second kappa shape index (κ2) is 12.1. The number of para-hydroxylation sites is 1. The average Bonchev–Trinajstić information content (AvgIpc) is 2.79. The summed E-state index contributed by atoms with van der Waals surface area (Å²) in [6, 6.07) is 7.07. The zero-order valence-electron chi connectivity index (χ0n) is 18.7. The Morgan fingerprint density at radius 3 is 2.63 bits per heavy atom. The SMILES string of the molecule is CN=C(NCCCN1CCN(c2ccccc2F)CC1)N(C)CCC1CCOCC1. The molecule has 2 saturated heterocycles. The van der Waals surface area contributed by atoms with Gasteiger partial charge in [0.15, 0.2) is 5.96 Å². The van der Waals surface area contributed by atoms with Gasteiger partial charge in [-0.15, -0.1) is 0 Å². The van der Waals surface area contributed by atoms with Crippen LogP contribution in [0.15, 0.2) is 29.3 Å². The summed E-state index contributed by atoms with van der Waals surface area (Å²) in [6.07, 6.45) is 4.65. The molecule has 7 heteroatoms. The van der Waals surface area contributed by atoms with Crippen LogP contribution in [0, 0.1) is 11.7 Å². The van der Waals surface area contributed by atoms with Crippen molar-refractivity contribution in [3.8, 4) is 0 Å². The van der Waals surface area contributed by atoms with Crippen molar-refractivity contribution >= 4 is 11.6 Å². The number of hydrogen-bond donors (Lipinski definition) is 1. The van der Waals surface area contributed by atoms with Crippen molar-refractivity contribution in [2.24, 2.45) is 10.9 Å². The van der Waals surface area contributed by atoms with Crippen molar-refractivity contribution in [1.29, 1.82) is 0 Å². The molecule has 0 amide bonds. The predicted molar refractivity (Wildman–Crippen MR) is 122 cm³/mol. The van der Waals surface area contributed by atoms with Gasteiger partial charge < -0.3 is 19.9 Å². The number of piperazine rings is 1. The van der Waals surface area contributed by atoms with Crippen molar-refractivity contribution in [1.82, 2.24) is 15.1 Å². The van der Waals surface area contributed by atoms with Gasteiger partial charge in [-0.25, -0.2) is 4.39 Å². The fraction of sp³-hybridized carbons (Fsp3) is 0.696. The number of nitrogens with zero attached hydrogens (tertiary/aromatic N) is 4. The maximum absolute atomic E-state index is 14.0. The maximum atomic E-state index is 14.0. The first-order valence-electron chi connectivity index (χ1n) is 11.4. The summed E-state index contributed by atoms with van der Waals surface area (Å²) in [6.45, 7) is 8.55. The molecule has 2 aliphatic heterocycles. The Balaban J connectivity index is 1.30. The number of rotatable bonds is 8. The van der Waals surface area contributed by atoms with Crippen LogP contribution in [0.4, 0.5) is 10.1 Å². The molecule has 0 atom stereocenters. The Morgan fingerprint density at radius 1 is 1.20 bits per heavy atom. The Hall–Kier alpha value is -1.86. The third-order valence-corrected chi connectivity index (χ3v) is 6.29. The maximum Gasteiger partial charge on any atom is 0.193 e. The van der Waals surface area contributed by atoms with Crippen LogP contribution in [0.1, 0.15) is 25.7 Å². The highest BCUT2D eigenvalue weighted by molar-refractivity contribution is 5.79. The second-order valence-corrected chi connectivity index (χ2v) is 8.37. The van der Waals surface area contributed by atoms with E-state index in [4.69, 9.17) is 4.74 Å². The van der Waals surface area contributed by atoms with Gasteiger partial charge in [-0.05, 0) is 50.3 Å². The van der Waals surface area contributed by atoms with E-state index < -0.39 is 0 Å². The normalized spacial score (nSPS) is 19.2. The number of ether oxygens (including phenoxy) is 1. The lowest BCUT2D eigenvalue weighted by Crippen LogP contribution is -2.47. The first-order chi connectivity index (χ1) is 14.7. The lowest BCUT2D eigenvalue weighted by atomic mass is 9.96. The summed E-state index contributed by atoms with van der Waals surface area (Å²) in [7, 11) is 3.98. The van der Waals surface area contributed by atoms with E-state index >= 15 is 0 Å². The topological polar surface area (TPSA) is 43.3 Å². The zero-order chi connectivity index (χ0) is 21.2. The average molecular weight is 420 g/mol. The largest absolute Gasteiger partial charge is 0.381 e. The molecule has 0 saturated carbocycles. The minimum atomic E-state index is -0.123. The molecule has 0 aromatic heterocycles. The van der Waals surface area contributed by atoms with E-state index in [1.807, 2.05) is 19.2 Å². The third kappa shape index (κ3) is 6.84. The fourth-order valence-corrected chi connectivity index (χ4v) is 4.33. The van der Waals surface area contributed by atoms with Crippen LogP contribution in [-0.2, 0) is 4.74 Å². The van der Waals surface area contributed by atoms with Gasteiger partial charge in [-0.1, -0.05) is 12.1 Å². The molecular formula is C23H38FN5O. The van der Waals surface area contributed by atoms with Gasteiger partial charge in [0.05, 0.1) is 5.69 Å². The van der Waals surface area contributed by atoms with E-state index in [1.54, 1.807) is 12.1 Å². The molecule has 0 unspecified atom stereocenters. The smallest absolute Gasteiger partial charge is 0.193 e. The van der Waals surface area contributed by atoms with Crippen LogP contribution in [0.3, 0.4) is 0 Å². The number of nitrogens with one attached hydrogen (secondary N) is 1. The van der Waals surface area contributed by atoms with Crippen molar-refractivity contribution in [2.45, 2.75) is 25.7 Å². The van der Waals surface area contributed by atoms with Crippen LogP contribution in [-0.4, -0.2) is 88.9 Å². The van der Waals surface area contributed by atoms with Gasteiger partial charge in [0.1, 0.15) is 5.82 Å². The van der Waals surface area contributed by atoms with Gasteiger partial charge in [0, 0.05) is 66.6 Å². The first-order valence-corrected chi connectivity index (χ1v) is 11.4. The third-order valence-electron chi connectivity index (χ3n) is 6.29. The Bertz CT molecular complexity index is 657. The molecule has 0 aliphatic carbocycles. The summed E-state index contributed by atoms with van der Waals surface area (Å²) < 4.78 is 19.4. The quantitative estimate of drug-likeness (QED) is 0.399. The van der Waals surface area contributed by atoms with Crippen LogP contribution in [0.5, 0.6) is 0 Å². The second-order valence-electron chi connectivity index (χ2n) is 8.37. The molecule has 2 aliphatic rings. The molecule has 1 aromatic carbocycles. The highest BCUT2D eigenvalue weighted by Gasteiger charge is 2.19. The molecule has 1 N–H and O–H groups in total. The lowest BCUT2D eigenvalue weighted by molar-refractivity contribution is 0.0625. The van der Waals surface area contributed by atoms with Gasteiger partial charge in [-0.3, -0.25) is 9.89 Å². The van der Waals surface area contributed by atoms with E-state index in [2.05, 4.69) is 32.1 Å². The predicted octanol–water partition coefficient (Wildman–Crippen LogP) is 2.66. The Morgan fingerprint density at radius 2 is 1.93 bits per heavy atom. The molecule has 3 rings (SSSR count).